The van der Waals surface area contributed by atoms with E-state index in [1.54, 1.807) is 18.2 Å². The third kappa shape index (κ3) is 5.77. The lowest BCUT2D eigenvalue weighted by Gasteiger charge is -2.15. The SMILES string of the molecule is CCCCC(CC)CNC(=O)Cc1ccccc1O. The molecular weight excluding hydrogens is 238 g/mol. The molecule has 1 rings (SSSR count). The Morgan fingerprint density at radius 3 is 2.68 bits per heavy atom. The summed E-state index contributed by atoms with van der Waals surface area (Å²) in [6.45, 7) is 5.09. The standard InChI is InChI=1S/C16H25NO2/c1-3-5-8-13(4-2)12-17-16(19)11-14-9-6-7-10-15(14)18/h6-7,9-10,13,18H,3-5,8,11-12H2,1-2H3,(H,17,19). The lowest BCUT2D eigenvalue weighted by Crippen LogP contribution is -2.30. The predicted octanol–water partition coefficient (Wildman–Crippen LogP) is 3.27. The summed E-state index contributed by atoms with van der Waals surface area (Å²) in [5.41, 5.74) is 0.682. The molecular formula is C16H25NO2. The van der Waals surface area contributed by atoms with Crippen LogP contribution >= 0.6 is 0 Å². The molecule has 0 saturated heterocycles. The molecule has 0 aliphatic rings. The molecule has 2 N–H and O–H groups in total. The monoisotopic (exact) mass is 263 g/mol. The van der Waals surface area contributed by atoms with Crippen LogP contribution in [0.15, 0.2) is 24.3 Å². The fraction of sp³-hybridized carbons (Fsp3) is 0.562. The molecule has 0 heterocycles. The Hall–Kier alpha value is -1.51. The van der Waals surface area contributed by atoms with Gasteiger partial charge in [0.15, 0.2) is 0 Å². The number of amides is 1. The van der Waals surface area contributed by atoms with E-state index in [1.165, 1.54) is 19.3 Å². The largest absolute Gasteiger partial charge is 0.508 e. The Morgan fingerprint density at radius 1 is 1.32 bits per heavy atom. The van der Waals surface area contributed by atoms with Gasteiger partial charge in [-0.15, -0.1) is 0 Å². The second kappa shape index (κ2) is 8.57. The maximum atomic E-state index is 11.8. The Balaban J connectivity index is 2.37. The number of carbonyl (C=O) groups is 1. The molecule has 1 aromatic carbocycles. The summed E-state index contributed by atoms with van der Waals surface area (Å²) in [7, 11) is 0. The molecule has 106 valence electrons. The summed E-state index contributed by atoms with van der Waals surface area (Å²) < 4.78 is 0. The number of rotatable bonds is 8. The van der Waals surface area contributed by atoms with E-state index in [9.17, 15) is 9.90 Å². The highest BCUT2D eigenvalue weighted by molar-refractivity contribution is 5.79. The van der Waals surface area contributed by atoms with E-state index in [4.69, 9.17) is 0 Å². The van der Waals surface area contributed by atoms with Gasteiger partial charge in [0, 0.05) is 12.1 Å². The minimum atomic E-state index is -0.0172. The molecule has 1 unspecified atom stereocenters. The smallest absolute Gasteiger partial charge is 0.224 e. The number of phenols is 1. The minimum Gasteiger partial charge on any atom is -0.508 e. The molecule has 0 aliphatic heterocycles. The highest BCUT2D eigenvalue weighted by atomic mass is 16.3. The molecule has 0 bridgehead atoms. The van der Waals surface area contributed by atoms with Crippen molar-refractivity contribution in [3.63, 3.8) is 0 Å². The van der Waals surface area contributed by atoms with E-state index < -0.39 is 0 Å². The number of hydrogen-bond donors (Lipinski definition) is 2. The van der Waals surface area contributed by atoms with Gasteiger partial charge in [0.25, 0.3) is 0 Å². The van der Waals surface area contributed by atoms with Crippen LogP contribution in [-0.4, -0.2) is 17.6 Å². The van der Waals surface area contributed by atoms with Crippen molar-refractivity contribution in [3.8, 4) is 5.75 Å². The number of aromatic hydroxyl groups is 1. The maximum Gasteiger partial charge on any atom is 0.224 e. The van der Waals surface area contributed by atoms with E-state index in [0.29, 0.717) is 11.5 Å². The zero-order chi connectivity index (χ0) is 14.1. The first-order valence-corrected chi connectivity index (χ1v) is 7.20. The number of phenolic OH excluding ortho intramolecular Hbond substituents is 1. The first kappa shape index (κ1) is 15.5. The molecule has 0 aliphatic carbocycles. The first-order valence-electron chi connectivity index (χ1n) is 7.20. The maximum absolute atomic E-state index is 11.8. The molecule has 0 spiro atoms. The summed E-state index contributed by atoms with van der Waals surface area (Å²) in [4.78, 5) is 11.8. The van der Waals surface area contributed by atoms with Crippen LogP contribution in [0.1, 0.15) is 45.1 Å². The van der Waals surface area contributed by atoms with Crippen molar-refractivity contribution in [2.75, 3.05) is 6.54 Å². The summed E-state index contributed by atoms with van der Waals surface area (Å²) in [5.74, 6) is 0.736. The molecule has 19 heavy (non-hydrogen) atoms. The van der Waals surface area contributed by atoms with Crippen LogP contribution in [0.2, 0.25) is 0 Å². The van der Waals surface area contributed by atoms with Crippen LogP contribution in [0.3, 0.4) is 0 Å². The van der Waals surface area contributed by atoms with Gasteiger partial charge in [-0.2, -0.15) is 0 Å². The lowest BCUT2D eigenvalue weighted by atomic mass is 9.99. The zero-order valence-corrected chi connectivity index (χ0v) is 12.0. The lowest BCUT2D eigenvalue weighted by molar-refractivity contribution is -0.120. The van der Waals surface area contributed by atoms with Gasteiger partial charge in [-0.3, -0.25) is 4.79 Å². The Morgan fingerprint density at radius 2 is 2.05 bits per heavy atom. The Kier molecular flexibility index (Phi) is 7.01. The van der Waals surface area contributed by atoms with Crippen LogP contribution in [0, 0.1) is 5.92 Å². The molecule has 3 heteroatoms. The van der Waals surface area contributed by atoms with Crippen molar-refractivity contribution in [1.82, 2.24) is 5.32 Å². The van der Waals surface area contributed by atoms with Crippen molar-refractivity contribution in [3.05, 3.63) is 29.8 Å². The van der Waals surface area contributed by atoms with Crippen LogP contribution in [0.4, 0.5) is 0 Å². The van der Waals surface area contributed by atoms with E-state index in [0.717, 1.165) is 13.0 Å². The van der Waals surface area contributed by atoms with E-state index in [-0.39, 0.29) is 18.1 Å². The fourth-order valence-electron chi connectivity index (χ4n) is 2.10. The highest BCUT2D eigenvalue weighted by Crippen LogP contribution is 2.16. The van der Waals surface area contributed by atoms with E-state index in [1.807, 2.05) is 6.07 Å². The van der Waals surface area contributed by atoms with Gasteiger partial charge in [-0.25, -0.2) is 0 Å². The van der Waals surface area contributed by atoms with Gasteiger partial charge in [0.1, 0.15) is 5.75 Å². The van der Waals surface area contributed by atoms with Crippen molar-refractivity contribution in [2.45, 2.75) is 46.0 Å². The predicted molar refractivity (Wildman–Crippen MR) is 78.1 cm³/mol. The van der Waals surface area contributed by atoms with Crippen LogP contribution in [0.25, 0.3) is 0 Å². The van der Waals surface area contributed by atoms with Crippen molar-refractivity contribution >= 4 is 5.91 Å². The van der Waals surface area contributed by atoms with Gasteiger partial charge in [0.2, 0.25) is 5.91 Å². The Labute approximate surface area is 116 Å². The van der Waals surface area contributed by atoms with Gasteiger partial charge in [0.05, 0.1) is 6.42 Å². The molecule has 1 aromatic rings. The summed E-state index contributed by atoms with van der Waals surface area (Å²) in [6.07, 6.45) is 4.92. The number of benzene rings is 1. The van der Waals surface area contributed by atoms with Crippen LogP contribution in [-0.2, 0) is 11.2 Å². The molecule has 0 aromatic heterocycles. The minimum absolute atomic E-state index is 0.0172. The normalized spacial score (nSPS) is 12.1. The fourth-order valence-corrected chi connectivity index (χ4v) is 2.10. The highest BCUT2D eigenvalue weighted by Gasteiger charge is 2.10. The summed E-state index contributed by atoms with van der Waals surface area (Å²) in [6, 6.07) is 6.98. The molecule has 1 amide bonds. The zero-order valence-electron chi connectivity index (χ0n) is 12.0. The number of nitrogens with one attached hydrogen (secondary N) is 1. The number of carbonyl (C=O) groups excluding carboxylic acids is 1. The summed E-state index contributed by atoms with van der Waals surface area (Å²) in [5, 5.41) is 12.6. The van der Waals surface area contributed by atoms with Crippen molar-refractivity contribution < 1.29 is 9.90 Å². The number of unbranched alkanes of at least 4 members (excludes halogenated alkanes) is 1. The molecule has 0 radical (unpaired) electrons. The number of para-hydroxylation sites is 1. The molecule has 1 atom stereocenters. The Bertz CT molecular complexity index is 390. The van der Waals surface area contributed by atoms with Gasteiger partial charge >= 0.3 is 0 Å². The topological polar surface area (TPSA) is 49.3 Å². The first-order chi connectivity index (χ1) is 9.17. The average Bonchev–Trinajstić information content (AvgIpc) is 2.41. The molecule has 0 fully saturated rings. The second-order valence-electron chi connectivity index (χ2n) is 5.03. The average molecular weight is 263 g/mol. The van der Waals surface area contributed by atoms with Gasteiger partial charge in [-0.05, 0) is 18.4 Å². The third-order valence-electron chi connectivity index (χ3n) is 3.47. The quantitative estimate of drug-likeness (QED) is 0.756. The van der Waals surface area contributed by atoms with Crippen LogP contribution < -0.4 is 5.32 Å². The van der Waals surface area contributed by atoms with E-state index in [2.05, 4.69) is 19.2 Å². The van der Waals surface area contributed by atoms with E-state index >= 15 is 0 Å². The number of hydrogen-bond acceptors (Lipinski definition) is 2. The molecule has 3 nitrogen and oxygen atoms in total. The van der Waals surface area contributed by atoms with Crippen LogP contribution in [0.5, 0.6) is 5.75 Å². The van der Waals surface area contributed by atoms with Gasteiger partial charge in [-0.1, -0.05) is 51.3 Å². The summed E-state index contributed by atoms with van der Waals surface area (Å²) >= 11 is 0. The van der Waals surface area contributed by atoms with Crippen molar-refractivity contribution in [2.24, 2.45) is 5.92 Å². The third-order valence-corrected chi connectivity index (χ3v) is 3.47. The second-order valence-corrected chi connectivity index (χ2v) is 5.03. The van der Waals surface area contributed by atoms with Gasteiger partial charge < -0.3 is 10.4 Å². The molecule has 0 saturated carbocycles. The van der Waals surface area contributed by atoms with Crippen molar-refractivity contribution in [1.29, 1.82) is 0 Å².